The minimum atomic E-state index is -3.38. The smallest absolute Gasteiger partial charge is 0.264 e. The molecule has 0 aliphatic carbocycles. The van der Waals surface area contributed by atoms with Gasteiger partial charge >= 0.3 is 0 Å². The van der Waals surface area contributed by atoms with Gasteiger partial charge in [-0.15, -0.1) is 0 Å². The van der Waals surface area contributed by atoms with Crippen LogP contribution in [0.5, 0.6) is 0 Å². The molecule has 0 bridgehead atoms. The van der Waals surface area contributed by atoms with Crippen LogP contribution in [0.1, 0.15) is 106 Å². The topological polar surface area (TPSA) is 43.4 Å². The summed E-state index contributed by atoms with van der Waals surface area (Å²) < 4.78 is 28.7. The van der Waals surface area contributed by atoms with Gasteiger partial charge in [-0.05, 0) is 49.4 Å². The first-order valence-electron chi connectivity index (χ1n) is 10.9. The van der Waals surface area contributed by atoms with E-state index < -0.39 is 10.1 Å². The zero-order chi connectivity index (χ0) is 20.2. The molecule has 0 aromatic heterocycles. The molecule has 0 aliphatic heterocycles. The molecule has 0 fully saturated rings. The third-order valence-electron chi connectivity index (χ3n) is 5.71. The number of unbranched alkanes of at least 4 members (excludes halogenated alkanes) is 2. The third-order valence-corrected chi connectivity index (χ3v) is 6.33. The van der Waals surface area contributed by atoms with Gasteiger partial charge in [-0.3, -0.25) is 4.18 Å². The number of hydrogen-bond donors (Lipinski definition) is 0. The van der Waals surface area contributed by atoms with E-state index >= 15 is 0 Å². The molecule has 0 amide bonds. The molecular formula is C22H46O3S. The maximum atomic E-state index is 11.6. The SMILES string of the molecule is CCCCCC(C)CCC(CCC(C)C(C)CCC(C)C)OS(C)(=O)=O. The quantitative estimate of drug-likeness (QED) is 0.214. The Hall–Kier alpha value is -0.0900. The molecule has 3 nitrogen and oxygen atoms in total. The monoisotopic (exact) mass is 390 g/mol. The van der Waals surface area contributed by atoms with E-state index in [1.807, 2.05) is 0 Å². The molecule has 0 rings (SSSR count). The second-order valence-electron chi connectivity index (χ2n) is 9.10. The van der Waals surface area contributed by atoms with E-state index in [9.17, 15) is 8.42 Å². The summed E-state index contributed by atoms with van der Waals surface area (Å²) in [5.74, 6) is 2.69. The van der Waals surface area contributed by atoms with Crippen molar-refractivity contribution in [3.8, 4) is 0 Å². The van der Waals surface area contributed by atoms with Crippen molar-refractivity contribution in [2.45, 2.75) is 112 Å². The van der Waals surface area contributed by atoms with Crippen LogP contribution in [-0.4, -0.2) is 20.8 Å². The highest BCUT2D eigenvalue weighted by atomic mass is 32.2. The van der Waals surface area contributed by atoms with Crippen LogP contribution in [-0.2, 0) is 14.3 Å². The summed E-state index contributed by atoms with van der Waals surface area (Å²) in [7, 11) is -3.38. The van der Waals surface area contributed by atoms with Gasteiger partial charge in [0.1, 0.15) is 0 Å². The molecule has 4 unspecified atom stereocenters. The lowest BCUT2D eigenvalue weighted by Crippen LogP contribution is -2.20. The lowest BCUT2D eigenvalue weighted by molar-refractivity contribution is 0.162. The summed E-state index contributed by atoms with van der Waals surface area (Å²) in [6.45, 7) is 13.7. The van der Waals surface area contributed by atoms with Crippen LogP contribution in [0.15, 0.2) is 0 Å². The van der Waals surface area contributed by atoms with Gasteiger partial charge in [0, 0.05) is 0 Å². The Kier molecular flexibility index (Phi) is 13.9. The first-order chi connectivity index (χ1) is 12.0. The number of hydrogen-bond acceptors (Lipinski definition) is 3. The van der Waals surface area contributed by atoms with Crippen LogP contribution in [0, 0.1) is 23.7 Å². The average Bonchev–Trinajstić information content (AvgIpc) is 2.53. The molecule has 0 saturated heterocycles. The summed E-state index contributed by atoms with van der Waals surface area (Å²) in [5.41, 5.74) is 0. The fourth-order valence-electron chi connectivity index (χ4n) is 3.46. The molecule has 4 heteroatoms. The summed E-state index contributed by atoms with van der Waals surface area (Å²) in [4.78, 5) is 0. The molecule has 26 heavy (non-hydrogen) atoms. The Labute approximate surface area is 164 Å². The van der Waals surface area contributed by atoms with Gasteiger partial charge in [-0.2, -0.15) is 8.42 Å². The van der Waals surface area contributed by atoms with E-state index in [0.29, 0.717) is 17.8 Å². The Morgan fingerprint density at radius 1 is 0.731 bits per heavy atom. The third kappa shape index (κ3) is 15.0. The van der Waals surface area contributed by atoms with Gasteiger partial charge in [0.25, 0.3) is 10.1 Å². The molecule has 0 aliphatic rings. The van der Waals surface area contributed by atoms with E-state index in [1.54, 1.807) is 0 Å². The van der Waals surface area contributed by atoms with Crippen molar-refractivity contribution < 1.29 is 12.6 Å². The van der Waals surface area contributed by atoms with Crippen LogP contribution in [0.2, 0.25) is 0 Å². The highest BCUT2D eigenvalue weighted by Crippen LogP contribution is 2.26. The predicted octanol–water partition coefficient (Wildman–Crippen LogP) is 6.82. The van der Waals surface area contributed by atoms with Crippen molar-refractivity contribution in [3.05, 3.63) is 0 Å². The highest BCUT2D eigenvalue weighted by Gasteiger charge is 2.20. The summed E-state index contributed by atoms with van der Waals surface area (Å²) in [5, 5.41) is 0. The fraction of sp³-hybridized carbons (Fsp3) is 1.00. The molecule has 0 aromatic rings. The molecular weight excluding hydrogens is 344 g/mol. The standard InChI is InChI=1S/C22H46O3S/c1-8-9-10-11-19(4)13-16-22(25-26(7,23)24)17-15-21(6)20(5)14-12-18(2)3/h18-22H,8-17H2,1-7H3. The molecule has 158 valence electrons. The van der Waals surface area contributed by atoms with Crippen LogP contribution in [0.4, 0.5) is 0 Å². The summed E-state index contributed by atoms with van der Waals surface area (Å²) in [6.07, 6.45) is 12.4. The fourth-order valence-corrected chi connectivity index (χ4v) is 4.15. The molecule has 0 saturated carbocycles. The molecule has 0 aromatic carbocycles. The Balaban J connectivity index is 4.41. The van der Waals surface area contributed by atoms with E-state index in [-0.39, 0.29) is 6.10 Å². The second kappa shape index (κ2) is 14.0. The maximum Gasteiger partial charge on any atom is 0.264 e. The van der Waals surface area contributed by atoms with E-state index in [2.05, 4.69) is 41.5 Å². The van der Waals surface area contributed by atoms with E-state index in [0.717, 1.165) is 31.6 Å². The average molecular weight is 391 g/mol. The Morgan fingerprint density at radius 2 is 1.27 bits per heavy atom. The number of rotatable bonds is 16. The highest BCUT2D eigenvalue weighted by molar-refractivity contribution is 7.86. The van der Waals surface area contributed by atoms with Gasteiger partial charge < -0.3 is 0 Å². The lowest BCUT2D eigenvalue weighted by atomic mass is 9.85. The first-order valence-corrected chi connectivity index (χ1v) is 12.7. The largest absolute Gasteiger partial charge is 0.267 e. The van der Waals surface area contributed by atoms with Gasteiger partial charge in [0.2, 0.25) is 0 Å². The van der Waals surface area contributed by atoms with E-state index in [4.69, 9.17) is 4.18 Å². The first kappa shape index (κ1) is 25.9. The van der Waals surface area contributed by atoms with Crippen molar-refractivity contribution in [2.24, 2.45) is 23.7 Å². The van der Waals surface area contributed by atoms with Crippen molar-refractivity contribution in [1.29, 1.82) is 0 Å². The molecule has 0 spiro atoms. The Bertz CT molecular complexity index is 431. The van der Waals surface area contributed by atoms with Crippen molar-refractivity contribution in [2.75, 3.05) is 6.26 Å². The maximum absolute atomic E-state index is 11.6. The van der Waals surface area contributed by atoms with Crippen molar-refractivity contribution in [3.63, 3.8) is 0 Å². The van der Waals surface area contributed by atoms with Gasteiger partial charge in [-0.1, -0.05) is 80.1 Å². The van der Waals surface area contributed by atoms with Gasteiger partial charge in [0.15, 0.2) is 0 Å². The van der Waals surface area contributed by atoms with Crippen LogP contribution in [0.25, 0.3) is 0 Å². The minimum Gasteiger partial charge on any atom is -0.267 e. The van der Waals surface area contributed by atoms with Crippen LogP contribution in [0.3, 0.4) is 0 Å². The Morgan fingerprint density at radius 3 is 1.77 bits per heavy atom. The zero-order valence-electron chi connectivity index (χ0n) is 18.6. The predicted molar refractivity (Wildman–Crippen MR) is 114 cm³/mol. The molecule has 0 N–H and O–H groups in total. The van der Waals surface area contributed by atoms with Crippen LogP contribution >= 0.6 is 0 Å². The zero-order valence-corrected chi connectivity index (χ0v) is 19.4. The molecule has 4 atom stereocenters. The van der Waals surface area contributed by atoms with Crippen molar-refractivity contribution >= 4 is 10.1 Å². The van der Waals surface area contributed by atoms with Crippen molar-refractivity contribution in [1.82, 2.24) is 0 Å². The van der Waals surface area contributed by atoms with E-state index in [1.165, 1.54) is 44.8 Å². The summed E-state index contributed by atoms with van der Waals surface area (Å²) >= 11 is 0. The van der Waals surface area contributed by atoms with Gasteiger partial charge in [-0.25, -0.2) is 0 Å². The van der Waals surface area contributed by atoms with Gasteiger partial charge in [0.05, 0.1) is 12.4 Å². The normalized spacial score (nSPS) is 17.2. The molecule has 0 radical (unpaired) electrons. The minimum absolute atomic E-state index is 0.154. The lowest BCUT2D eigenvalue weighted by Gasteiger charge is -2.24. The second-order valence-corrected chi connectivity index (χ2v) is 10.7. The summed E-state index contributed by atoms with van der Waals surface area (Å²) in [6, 6.07) is 0. The molecule has 0 heterocycles. The van der Waals surface area contributed by atoms with Crippen LogP contribution < -0.4 is 0 Å².